The first-order chi connectivity index (χ1) is 14.5. The van der Waals surface area contributed by atoms with Crippen LogP contribution in [-0.2, 0) is 16.1 Å². The maximum atomic E-state index is 12.9. The van der Waals surface area contributed by atoms with Crippen LogP contribution in [0, 0.1) is 6.92 Å². The van der Waals surface area contributed by atoms with Gasteiger partial charge in [-0.2, -0.15) is 0 Å². The summed E-state index contributed by atoms with van der Waals surface area (Å²) in [5.41, 5.74) is 2.16. The molecule has 1 atom stereocenters. The number of hydrogen-bond acceptors (Lipinski definition) is 5. The van der Waals surface area contributed by atoms with Crippen molar-refractivity contribution in [2.75, 3.05) is 13.2 Å². The van der Waals surface area contributed by atoms with E-state index in [2.05, 4.69) is 27.7 Å². The summed E-state index contributed by atoms with van der Waals surface area (Å²) in [6.45, 7) is 5.06. The van der Waals surface area contributed by atoms with Crippen molar-refractivity contribution in [3.8, 4) is 0 Å². The summed E-state index contributed by atoms with van der Waals surface area (Å²) in [6, 6.07) is 13.2. The second kappa shape index (κ2) is 8.75. The van der Waals surface area contributed by atoms with Crippen molar-refractivity contribution in [2.24, 2.45) is 0 Å². The number of benzene rings is 1. The molecule has 2 N–H and O–H groups in total. The number of urea groups is 1. The maximum absolute atomic E-state index is 12.9. The van der Waals surface area contributed by atoms with Crippen LogP contribution in [0.2, 0.25) is 0 Å². The van der Waals surface area contributed by atoms with Crippen LogP contribution >= 0.6 is 0 Å². The Bertz CT molecular complexity index is 946. The number of furan rings is 1. The van der Waals surface area contributed by atoms with E-state index in [1.807, 2.05) is 31.2 Å². The predicted molar refractivity (Wildman–Crippen MR) is 111 cm³/mol. The highest BCUT2D eigenvalue weighted by molar-refractivity contribution is 5.95. The van der Waals surface area contributed by atoms with Gasteiger partial charge in [0.25, 0.3) is 0 Å². The summed E-state index contributed by atoms with van der Waals surface area (Å²) in [7, 11) is 0. The Morgan fingerprint density at radius 3 is 2.57 bits per heavy atom. The SMILES string of the molecule is CCOC(=O)C1=C(CN(Cc2ccccc2)C2CC2)NC(=O)N[C@H]1c1ccc(C)o1. The van der Waals surface area contributed by atoms with Gasteiger partial charge in [0.2, 0.25) is 0 Å². The van der Waals surface area contributed by atoms with E-state index < -0.39 is 12.0 Å². The molecule has 0 radical (unpaired) electrons. The van der Waals surface area contributed by atoms with Crippen molar-refractivity contribution in [3.05, 3.63) is 70.8 Å². The van der Waals surface area contributed by atoms with Crippen LogP contribution in [0.25, 0.3) is 0 Å². The molecule has 0 unspecified atom stereocenters. The van der Waals surface area contributed by atoms with Gasteiger partial charge in [0.05, 0.1) is 12.2 Å². The van der Waals surface area contributed by atoms with Gasteiger partial charge in [-0.3, -0.25) is 4.90 Å². The van der Waals surface area contributed by atoms with Gasteiger partial charge >= 0.3 is 12.0 Å². The fourth-order valence-electron chi connectivity index (χ4n) is 3.79. The van der Waals surface area contributed by atoms with Crippen molar-refractivity contribution in [3.63, 3.8) is 0 Å². The molecular formula is C23H27N3O4. The summed E-state index contributed by atoms with van der Waals surface area (Å²) in [6.07, 6.45) is 2.23. The van der Waals surface area contributed by atoms with Crippen molar-refractivity contribution >= 4 is 12.0 Å². The zero-order valence-corrected chi connectivity index (χ0v) is 17.3. The Kier molecular flexibility index (Phi) is 5.90. The van der Waals surface area contributed by atoms with E-state index >= 15 is 0 Å². The maximum Gasteiger partial charge on any atom is 0.338 e. The average Bonchev–Trinajstić information content (AvgIpc) is 3.48. The normalized spacial score (nSPS) is 18.9. The molecule has 1 aliphatic carbocycles. The molecule has 1 aliphatic heterocycles. The minimum Gasteiger partial charge on any atom is -0.464 e. The van der Waals surface area contributed by atoms with Gasteiger partial charge in [-0.25, -0.2) is 9.59 Å². The first kappa shape index (κ1) is 20.2. The van der Waals surface area contributed by atoms with E-state index in [0.717, 1.165) is 19.4 Å². The number of esters is 1. The molecule has 2 heterocycles. The second-order valence-corrected chi connectivity index (χ2v) is 7.71. The minimum absolute atomic E-state index is 0.254. The highest BCUT2D eigenvalue weighted by Gasteiger charge is 2.38. The lowest BCUT2D eigenvalue weighted by atomic mass is 9.99. The fraction of sp³-hybridized carbons (Fsp3) is 0.391. The number of rotatable bonds is 8. The third-order valence-electron chi connectivity index (χ3n) is 5.35. The van der Waals surface area contributed by atoms with E-state index in [9.17, 15) is 9.59 Å². The van der Waals surface area contributed by atoms with Crippen molar-refractivity contribution in [1.29, 1.82) is 0 Å². The van der Waals surface area contributed by atoms with Gasteiger partial charge < -0.3 is 19.8 Å². The molecule has 7 heteroatoms. The van der Waals surface area contributed by atoms with Crippen LogP contribution in [0.5, 0.6) is 0 Å². The van der Waals surface area contributed by atoms with Crippen LogP contribution in [0.3, 0.4) is 0 Å². The molecule has 2 aliphatic rings. The zero-order chi connectivity index (χ0) is 21.1. The summed E-state index contributed by atoms with van der Waals surface area (Å²) < 4.78 is 11.1. The molecule has 1 aromatic carbocycles. The number of nitrogens with one attached hydrogen (secondary N) is 2. The van der Waals surface area contributed by atoms with Gasteiger partial charge in [-0.1, -0.05) is 30.3 Å². The van der Waals surface area contributed by atoms with E-state index in [1.165, 1.54) is 5.56 Å². The fourth-order valence-corrected chi connectivity index (χ4v) is 3.79. The monoisotopic (exact) mass is 409 g/mol. The first-order valence-corrected chi connectivity index (χ1v) is 10.4. The number of ether oxygens (including phenoxy) is 1. The largest absolute Gasteiger partial charge is 0.464 e. The third-order valence-corrected chi connectivity index (χ3v) is 5.35. The molecule has 0 spiro atoms. The highest BCUT2D eigenvalue weighted by Crippen LogP contribution is 2.33. The van der Waals surface area contributed by atoms with E-state index in [4.69, 9.17) is 9.15 Å². The van der Waals surface area contributed by atoms with Crippen LogP contribution in [-0.4, -0.2) is 36.1 Å². The van der Waals surface area contributed by atoms with Crippen LogP contribution < -0.4 is 10.6 Å². The zero-order valence-electron chi connectivity index (χ0n) is 17.3. The summed E-state index contributed by atoms with van der Waals surface area (Å²) >= 11 is 0. The predicted octanol–water partition coefficient (Wildman–Crippen LogP) is 3.42. The molecule has 0 bridgehead atoms. The standard InChI is InChI=1S/C23H27N3O4/c1-3-29-22(27)20-18(24-23(28)25-21(20)19-12-9-15(2)30-19)14-26(17-10-11-17)13-16-7-5-4-6-8-16/h4-9,12,17,21H,3,10-11,13-14H2,1-2H3,(H2,24,25,28)/t21-/m0/s1. The molecule has 2 amide bonds. The Labute approximate surface area is 176 Å². The molecule has 1 saturated carbocycles. The Morgan fingerprint density at radius 1 is 1.17 bits per heavy atom. The van der Waals surface area contributed by atoms with E-state index in [1.54, 1.807) is 13.0 Å². The quantitative estimate of drug-likeness (QED) is 0.653. The summed E-state index contributed by atoms with van der Waals surface area (Å²) in [4.78, 5) is 27.7. The minimum atomic E-state index is -0.681. The number of nitrogens with zero attached hydrogens (tertiary/aromatic N) is 1. The summed E-state index contributed by atoms with van der Waals surface area (Å²) in [5.74, 6) is 0.782. The Hall–Kier alpha value is -3.06. The molecule has 30 heavy (non-hydrogen) atoms. The number of hydrogen-bond donors (Lipinski definition) is 2. The lowest BCUT2D eigenvalue weighted by Crippen LogP contribution is -2.48. The van der Waals surface area contributed by atoms with Crippen molar-refractivity contribution in [2.45, 2.75) is 45.3 Å². The number of carbonyl (C=O) groups excluding carboxylic acids is 2. The molecule has 158 valence electrons. The molecular weight excluding hydrogens is 382 g/mol. The third kappa shape index (κ3) is 4.57. The second-order valence-electron chi connectivity index (χ2n) is 7.71. The lowest BCUT2D eigenvalue weighted by Gasteiger charge is -2.31. The van der Waals surface area contributed by atoms with Crippen LogP contribution in [0.15, 0.2) is 58.2 Å². The van der Waals surface area contributed by atoms with Gasteiger partial charge in [-0.15, -0.1) is 0 Å². The topological polar surface area (TPSA) is 83.8 Å². The molecule has 0 saturated heterocycles. The van der Waals surface area contributed by atoms with Crippen molar-refractivity contribution < 1.29 is 18.7 Å². The van der Waals surface area contributed by atoms with Gasteiger partial charge in [-0.05, 0) is 44.4 Å². The summed E-state index contributed by atoms with van der Waals surface area (Å²) in [5, 5.41) is 5.67. The van der Waals surface area contributed by atoms with Gasteiger partial charge in [0.1, 0.15) is 17.6 Å². The van der Waals surface area contributed by atoms with Crippen LogP contribution in [0.4, 0.5) is 4.79 Å². The molecule has 1 fully saturated rings. The molecule has 1 aromatic heterocycles. The molecule has 4 rings (SSSR count). The smallest absolute Gasteiger partial charge is 0.338 e. The van der Waals surface area contributed by atoms with E-state index in [-0.39, 0.29) is 12.6 Å². The Balaban J connectivity index is 1.68. The number of carbonyl (C=O) groups is 2. The first-order valence-electron chi connectivity index (χ1n) is 10.4. The molecule has 7 nitrogen and oxygen atoms in total. The number of aryl methyl sites for hydroxylation is 1. The van der Waals surface area contributed by atoms with E-state index in [0.29, 0.717) is 35.4 Å². The van der Waals surface area contributed by atoms with Crippen molar-refractivity contribution in [1.82, 2.24) is 15.5 Å². The molecule has 2 aromatic rings. The average molecular weight is 409 g/mol. The van der Waals surface area contributed by atoms with Gasteiger partial charge in [0, 0.05) is 24.8 Å². The lowest BCUT2D eigenvalue weighted by molar-refractivity contribution is -0.139. The number of amides is 2. The Morgan fingerprint density at radius 2 is 1.93 bits per heavy atom. The van der Waals surface area contributed by atoms with Gasteiger partial charge in [0.15, 0.2) is 0 Å². The van der Waals surface area contributed by atoms with Crippen LogP contribution in [0.1, 0.15) is 42.9 Å². The highest BCUT2D eigenvalue weighted by atomic mass is 16.5.